The van der Waals surface area contributed by atoms with Crippen LogP contribution in [0.25, 0.3) is 0 Å². The highest BCUT2D eigenvalue weighted by atomic mass is 14.9. The Hall–Kier alpha value is -0.960. The number of nitrogens with zero attached hydrogens (tertiary/aromatic N) is 2. The molecular formula is C13H23N3. The van der Waals surface area contributed by atoms with Gasteiger partial charge >= 0.3 is 0 Å². The van der Waals surface area contributed by atoms with E-state index in [0.29, 0.717) is 0 Å². The molecule has 1 rings (SSSR count). The van der Waals surface area contributed by atoms with E-state index < -0.39 is 0 Å². The van der Waals surface area contributed by atoms with Gasteiger partial charge < -0.3 is 5.73 Å². The van der Waals surface area contributed by atoms with Crippen LogP contribution in [0.3, 0.4) is 0 Å². The predicted octanol–water partition coefficient (Wildman–Crippen LogP) is 2.82. The Balaban J connectivity index is 3.09. The lowest BCUT2D eigenvalue weighted by Gasteiger charge is -2.27. The summed E-state index contributed by atoms with van der Waals surface area (Å²) in [7, 11) is 0. The molecule has 1 atom stereocenters. The van der Waals surface area contributed by atoms with Crippen LogP contribution >= 0.6 is 0 Å². The maximum Gasteiger partial charge on any atom is 0.145 e. The van der Waals surface area contributed by atoms with Gasteiger partial charge in [-0.25, -0.2) is 9.97 Å². The van der Waals surface area contributed by atoms with E-state index in [4.69, 9.17) is 5.73 Å². The molecule has 16 heavy (non-hydrogen) atoms. The van der Waals surface area contributed by atoms with E-state index in [-0.39, 0.29) is 16.9 Å². The van der Waals surface area contributed by atoms with E-state index in [1.807, 2.05) is 6.07 Å². The summed E-state index contributed by atoms with van der Waals surface area (Å²) in [5.74, 6) is 0.736. The van der Waals surface area contributed by atoms with Gasteiger partial charge in [-0.3, -0.25) is 0 Å². The van der Waals surface area contributed by atoms with Crippen molar-refractivity contribution in [1.82, 2.24) is 9.97 Å². The Morgan fingerprint density at radius 1 is 1.12 bits per heavy atom. The minimum atomic E-state index is -0.130. The number of nitrogens with two attached hydrogens (primary N) is 1. The van der Waals surface area contributed by atoms with Crippen LogP contribution in [0, 0.1) is 5.41 Å². The number of aromatic nitrogens is 2. The summed E-state index contributed by atoms with van der Waals surface area (Å²) in [6.45, 7) is 12.7. The molecule has 0 radical (unpaired) electrons. The van der Waals surface area contributed by atoms with Crippen molar-refractivity contribution in [3.8, 4) is 0 Å². The molecule has 2 N–H and O–H groups in total. The second-order valence-corrected chi connectivity index (χ2v) is 6.39. The first-order chi connectivity index (χ1) is 7.12. The molecule has 0 aliphatic rings. The first kappa shape index (κ1) is 13.1. The summed E-state index contributed by atoms with van der Waals surface area (Å²) in [5.41, 5.74) is 7.22. The van der Waals surface area contributed by atoms with Crippen LogP contribution in [0.4, 0.5) is 0 Å². The van der Waals surface area contributed by atoms with Crippen molar-refractivity contribution in [1.29, 1.82) is 0 Å². The highest BCUT2D eigenvalue weighted by molar-refractivity contribution is 5.14. The first-order valence-electron chi connectivity index (χ1n) is 5.71. The second-order valence-electron chi connectivity index (χ2n) is 6.39. The highest BCUT2D eigenvalue weighted by Crippen LogP contribution is 2.29. The topological polar surface area (TPSA) is 51.8 Å². The van der Waals surface area contributed by atoms with Gasteiger partial charge in [0.25, 0.3) is 0 Å². The molecule has 1 heterocycles. The third-order valence-electron chi connectivity index (χ3n) is 2.65. The Labute approximate surface area is 98.5 Å². The third-order valence-corrected chi connectivity index (χ3v) is 2.65. The summed E-state index contributed by atoms with van der Waals surface area (Å²) >= 11 is 0. The van der Waals surface area contributed by atoms with Crippen LogP contribution < -0.4 is 5.73 Å². The van der Waals surface area contributed by atoms with Gasteiger partial charge in [0.1, 0.15) is 5.82 Å². The summed E-state index contributed by atoms with van der Waals surface area (Å²) in [6.07, 6.45) is 1.80. The quantitative estimate of drug-likeness (QED) is 0.793. The molecule has 0 spiro atoms. The van der Waals surface area contributed by atoms with Crippen LogP contribution in [-0.4, -0.2) is 9.97 Å². The molecule has 1 aromatic rings. The van der Waals surface area contributed by atoms with E-state index in [0.717, 1.165) is 11.5 Å². The van der Waals surface area contributed by atoms with Gasteiger partial charge in [0.15, 0.2) is 0 Å². The SMILES string of the molecule is CC(C)(C)c1ccnc(C(N)C(C)(C)C)n1. The predicted molar refractivity (Wildman–Crippen MR) is 67.1 cm³/mol. The molecule has 3 heteroatoms. The van der Waals surface area contributed by atoms with Crippen molar-refractivity contribution in [3.63, 3.8) is 0 Å². The smallest absolute Gasteiger partial charge is 0.145 e. The van der Waals surface area contributed by atoms with E-state index in [2.05, 4.69) is 51.5 Å². The fourth-order valence-corrected chi connectivity index (χ4v) is 1.33. The monoisotopic (exact) mass is 221 g/mol. The molecule has 0 amide bonds. The van der Waals surface area contributed by atoms with Crippen LogP contribution in [0.1, 0.15) is 59.1 Å². The normalized spacial score (nSPS) is 14.9. The Bertz CT molecular complexity index is 358. The van der Waals surface area contributed by atoms with E-state index in [9.17, 15) is 0 Å². The fourth-order valence-electron chi connectivity index (χ4n) is 1.33. The molecule has 0 saturated heterocycles. The molecule has 1 unspecified atom stereocenters. The van der Waals surface area contributed by atoms with Gasteiger partial charge in [-0.1, -0.05) is 41.5 Å². The van der Waals surface area contributed by atoms with Crippen LogP contribution in [0.5, 0.6) is 0 Å². The van der Waals surface area contributed by atoms with Gasteiger partial charge in [0.05, 0.1) is 6.04 Å². The average molecular weight is 221 g/mol. The van der Waals surface area contributed by atoms with Gasteiger partial charge in [-0.15, -0.1) is 0 Å². The number of hydrogen-bond acceptors (Lipinski definition) is 3. The summed E-state index contributed by atoms with van der Waals surface area (Å²) in [4.78, 5) is 8.86. The Morgan fingerprint density at radius 2 is 1.69 bits per heavy atom. The highest BCUT2D eigenvalue weighted by Gasteiger charge is 2.26. The maximum atomic E-state index is 6.16. The minimum Gasteiger partial charge on any atom is -0.321 e. The molecule has 0 bridgehead atoms. The molecular weight excluding hydrogens is 198 g/mol. The number of rotatable bonds is 1. The summed E-state index contributed by atoms with van der Waals surface area (Å²) in [6, 6.07) is 1.83. The van der Waals surface area contributed by atoms with Crippen molar-refractivity contribution in [3.05, 3.63) is 23.8 Å². The van der Waals surface area contributed by atoms with Crippen molar-refractivity contribution in [2.24, 2.45) is 11.1 Å². The minimum absolute atomic E-state index is 0.0174. The molecule has 0 saturated carbocycles. The zero-order valence-electron chi connectivity index (χ0n) is 11.2. The average Bonchev–Trinajstić information content (AvgIpc) is 2.14. The van der Waals surface area contributed by atoms with Gasteiger partial charge in [-0.05, 0) is 11.5 Å². The zero-order valence-corrected chi connectivity index (χ0v) is 11.2. The molecule has 0 aliphatic heterocycles. The van der Waals surface area contributed by atoms with Crippen LogP contribution in [0.15, 0.2) is 12.3 Å². The molecule has 3 nitrogen and oxygen atoms in total. The molecule has 0 aromatic carbocycles. The van der Waals surface area contributed by atoms with Gasteiger partial charge in [0.2, 0.25) is 0 Å². The molecule has 0 aliphatic carbocycles. The Morgan fingerprint density at radius 3 is 2.12 bits per heavy atom. The number of hydrogen-bond donors (Lipinski definition) is 1. The van der Waals surface area contributed by atoms with Gasteiger partial charge in [-0.2, -0.15) is 0 Å². The van der Waals surface area contributed by atoms with Gasteiger partial charge in [0, 0.05) is 17.3 Å². The van der Waals surface area contributed by atoms with Crippen LogP contribution in [0.2, 0.25) is 0 Å². The largest absolute Gasteiger partial charge is 0.321 e. The van der Waals surface area contributed by atoms with Crippen molar-refractivity contribution >= 4 is 0 Å². The lowest BCUT2D eigenvalue weighted by atomic mass is 9.86. The van der Waals surface area contributed by atoms with E-state index >= 15 is 0 Å². The fraction of sp³-hybridized carbons (Fsp3) is 0.692. The van der Waals surface area contributed by atoms with E-state index in [1.165, 1.54) is 0 Å². The first-order valence-corrected chi connectivity index (χ1v) is 5.71. The Kier molecular flexibility index (Phi) is 3.38. The summed E-state index contributed by atoms with van der Waals surface area (Å²) in [5, 5.41) is 0. The third kappa shape index (κ3) is 3.01. The standard InChI is InChI=1S/C13H23N3/c1-12(2,3)9-7-8-15-11(16-9)10(14)13(4,5)6/h7-8,10H,14H2,1-6H3. The van der Waals surface area contributed by atoms with Crippen LogP contribution in [-0.2, 0) is 5.41 Å². The van der Waals surface area contributed by atoms with Crippen molar-refractivity contribution < 1.29 is 0 Å². The van der Waals surface area contributed by atoms with E-state index in [1.54, 1.807) is 6.20 Å². The van der Waals surface area contributed by atoms with Crippen molar-refractivity contribution in [2.45, 2.75) is 53.0 Å². The lowest BCUT2D eigenvalue weighted by molar-refractivity contribution is 0.313. The maximum absolute atomic E-state index is 6.16. The zero-order chi connectivity index (χ0) is 12.6. The lowest BCUT2D eigenvalue weighted by Crippen LogP contribution is -2.29. The molecule has 90 valence electrons. The molecule has 0 fully saturated rings. The van der Waals surface area contributed by atoms with Crippen molar-refractivity contribution in [2.75, 3.05) is 0 Å². The molecule has 1 aromatic heterocycles. The summed E-state index contributed by atoms with van der Waals surface area (Å²) < 4.78 is 0. The second kappa shape index (κ2) is 4.13.